The zero-order chi connectivity index (χ0) is 13.7. The SMILES string of the molecule is Cn1nc2c(c1-c1cccc(F)c1)C[C@H]1CCC[C@@H]2N1. The third-order valence-electron chi connectivity index (χ3n) is 4.54. The highest BCUT2D eigenvalue weighted by molar-refractivity contribution is 5.65. The molecular weight excluding hydrogens is 253 g/mol. The Bertz CT molecular complexity index is 662. The summed E-state index contributed by atoms with van der Waals surface area (Å²) in [5.74, 6) is -0.188. The minimum atomic E-state index is -0.188. The molecule has 1 N–H and O–H groups in total. The fourth-order valence-electron chi connectivity index (χ4n) is 3.71. The van der Waals surface area contributed by atoms with Crippen LogP contribution in [0.25, 0.3) is 11.3 Å². The van der Waals surface area contributed by atoms with Crippen molar-refractivity contribution in [3.05, 3.63) is 41.3 Å². The Labute approximate surface area is 117 Å². The van der Waals surface area contributed by atoms with Crippen LogP contribution in [0.1, 0.15) is 36.6 Å². The van der Waals surface area contributed by atoms with Crippen LogP contribution in [-0.4, -0.2) is 15.8 Å². The summed E-state index contributed by atoms with van der Waals surface area (Å²) in [7, 11) is 1.96. The Morgan fingerprint density at radius 1 is 1.35 bits per heavy atom. The maximum Gasteiger partial charge on any atom is 0.123 e. The van der Waals surface area contributed by atoms with Crippen molar-refractivity contribution in [2.45, 2.75) is 37.8 Å². The van der Waals surface area contributed by atoms with Crippen LogP contribution < -0.4 is 5.32 Å². The maximum atomic E-state index is 13.5. The van der Waals surface area contributed by atoms with E-state index in [9.17, 15) is 4.39 Å². The Morgan fingerprint density at radius 2 is 2.25 bits per heavy atom. The number of benzene rings is 1. The van der Waals surface area contributed by atoms with Gasteiger partial charge in [0.1, 0.15) is 5.82 Å². The van der Waals surface area contributed by atoms with Crippen molar-refractivity contribution in [1.29, 1.82) is 0 Å². The van der Waals surface area contributed by atoms with Crippen molar-refractivity contribution in [2.24, 2.45) is 7.05 Å². The lowest BCUT2D eigenvalue weighted by molar-refractivity contribution is 0.297. The maximum absolute atomic E-state index is 13.5. The normalized spacial score (nSPS) is 24.5. The molecule has 4 heteroatoms. The molecule has 1 aromatic heterocycles. The van der Waals surface area contributed by atoms with Crippen molar-refractivity contribution in [1.82, 2.24) is 15.1 Å². The molecule has 2 bridgehead atoms. The monoisotopic (exact) mass is 271 g/mol. The van der Waals surface area contributed by atoms with E-state index in [0.29, 0.717) is 12.1 Å². The highest BCUT2D eigenvalue weighted by Crippen LogP contribution is 2.38. The molecule has 3 nitrogen and oxygen atoms in total. The van der Waals surface area contributed by atoms with E-state index in [1.807, 2.05) is 17.8 Å². The standard InChI is InChI=1S/C16H18FN3/c1-20-16(10-4-2-5-11(17)8-10)13-9-12-6-3-7-14(18-12)15(13)19-20/h2,4-5,8,12,14,18H,3,6-7,9H2,1H3/t12-,14+/m1/s1. The van der Waals surface area contributed by atoms with E-state index < -0.39 is 0 Å². The van der Waals surface area contributed by atoms with Crippen LogP contribution in [0.15, 0.2) is 24.3 Å². The molecule has 1 aromatic carbocycles. The summed E-state index contributed by atoms with van der Waals surface area (Å²) >= 11 is 0. The summed E-state index contributed by atoms with van der Waals surface area (Å²) in [6.07, 6.45) is 4.66. The molecule has 0 aliphatic carbocycles. The molecule has 0 saturated carbocycles. The van der Waals surface area contributed by atoms with E-state index in [-0.39, 0.29) is 5.82 Å². The van der Waals surface area contributed by atoms with Crippen molar-refractivity contribution >= 4 is 0 Å². The zero-order valence-electron chi connectivity index (χ0n) is 11.6. The van der Waals surface area contributed by atoms with Gasteiger partial charge in [0, 0.05) is 24.2 Å². The van der Waals surface area contributed by atoms with Gasteiger partial charge in [0.05, 0.1) is 17.4 Å². The Hall–Kier alpha value is -1.68. The number of rotatable bonds is 1. The number of fused-ring (bicyclic) bond motifs is 4. The number of hydrogen-bond donors (Lipinski definition) is 1. The van der Waals surface area contributed by atoms with E-state index in [1.54, 1.807) is 12.1 Å². The lowest BCUT2D eigenvalue weighted by Gasteiger charge is -2.35. The van der Waals surface area contributed by atoms with Crippen LogP contribution in [0.3, 0.4) is 0 Å². The average molecular weight is 271 g/mol. The number of nitrogens with zero attached hydrogens (tertiary/aromatic N) is 2. The van der Waals surface area contributed by atoms with Gasteiger partial charge in [-0.3, -0.25) is 4.68 Å². The van der Waals surface area contributed by atoms with E-state index in [4.69, 9.17) is 5.10 Å². The van der Waals surface area contributed by atoms with E-state index in [2.05, 4.69) is 5.32 Å². The van der Waals surface area contributed by atoms with E-state index in [1.165, 1.54) is 30.2 Å². The lowest BCUT2D eigenvalue weighted by Crippen LogP contribution is -2.42. The second-order valence-electron chi connectivity index (χ2n) is 5.90. The molecule has 2 aliphatic rings. The fraction of sp³-hybridized carbons (Fsp3) is 0.438. The Kier molecular flexibility index (Phi) is 2.67. The zero-order valence-corrected chi connectivity index (χ0v) is 11.6. The van der Waals surface area contributed by atoms with Gasteiger partial charge in [0.25, 0.3) is 0 Å². The summed E-state index contributed by atoms with van der Waals surface area (Å²) in [6.45, 7) is 0. The van der Waals surface area contributed by atoms with Gasteiger partial charge in [-0.05, 0) is 37.8 Å². The predicted molar refractivity (Wildman–Crippen MR) is 75.8 cm³/mol. The van der Waals surface area contributed by atoms with Gasteiger partial charge in [-0.25, -0.2) is 4.39 Å². The van der Waals surface area contributed by atoms with Gasteiger partial charge in [-0.1, -0.05) is 12.1 Å². The number of halogens is 1. The molecule has 2 aliphatic heterocycles. The molecular formula is C16H18FN3. The van der Waals surface area contributed by atoms with Crippen LogP contribution in [-0.2, 0) is 13.5 Å². The summed E-state index contributed by atoms with van der Waals surface area (Å²) in [5, 5.41) is 8.37. The number of hydrogen-bond acceptors (Lipinski definition) is 2. The van der Waals surface area contributed by atoms with Crippen molar-refractivity contribution in [3.8, 4) is 11.3 Å². The molecule has 0 radical (unpaired) electrons. The van der Waals surface area contributed by atoms with Gasteiger partial charge < -0.3 is 5.32 Å². The van der Waals surface area contributed by atoms with Crippen molar-refractivity contribution in [2.75, 3.05) is 0 Å². The third-order valence-corrected chi connectivity index (χ3v) is 4.54. The molecule has 1 fully saturated rings. The lowest BCUT2D eigenvalue weighted by atomic mass is 9.84. The smallest absolute Gasteiger partial charge is 0.123 e. The van der Waals surface area contributed by atoms with Crippen LogP contribution in [0.5, 0.6) is 0 Å². The van der Waals surface area contributed by atoms with E-state index >= 15 is 0 Å². The molecule has 1 saturated heterocycles. The first-order chi connectivity index (χ1) is 9.72. The first kappa shape index (κ1) is 12.1. The summed E-state index contributed by atoms with van der Waals surface area (Å²) in [5.41, 5.74) is 4.49. The molecule has 3 heterocycles. The van der Waals surface area contributed by atoms with Crippen LogP contribution in [0.2, 0.25) is 0 Å². The summed E-state index contributed by atoms with van der Waals surface area (Å²) in [4.78, 5) is 0. The van der Waals surface area contributed by atoms with Gasteiger partial charge >= 0.3 is 0 Å². The summed E-state index contributed by atoms with van der Waals surface area (Å²) < 4.78 is 15.4. The van der Waals surface area contributed by atoms with Crippen LogP contribution >= 0.6 is 0 Å². The van der Waals surface area contributed by atoms with Gasteiger partial charge in [-0.2, -0.15) is 5.10 Å². The number of piperidine rings is 1. The first-order valence-electron chi connectivity index (χ1n) is 7.30. The van der Waals surface area contributed by atoms with Crippen LogP contribution in [0, 0.1) is 5.82 Å². The summed E-state index contributed by atoms with van der Waals surface area (Å²) in [6, 6.07) is 7.77. The molecule has 0 spiro atoms. The van der Waals surface area contributed by atoms with Crippen LogP contribution in [0.4, 0.5) is 4.39 Å². The molecule has 2 aromatic rings. The minimum Gasteiger partial charge on any atom is -0.305 e. The quantitative estimate of drug-likeness (QED) is 0.864. The molecule has 4 rings (SSSR count). The number of aromatic nitrogens is 2. The fourth-order valence-corrected chi connectivity index (χ4v) is 3.71. The Balaban J connectivity index is 1.87. The second-order valence-corrected chi connectivity index (χ2v) is 5.90. The van der Waals surface area contributed by atoms with Crippen molar-refractivity contribution in [3.63, 3.8) is 0 Å². The largest absolute Gasteiger partial charge is 0.305 e. The molecule has 0 unspecified atom stereocenters. The first-order valence-corrected chi connectivity index (χ1v) is 7.30. The third kappa shape index (κ3) is 1.79. The highest BCUT2D eigenvalue weighted by atomic mass is 19.1. The molecule has 2 atom stereocenters. The molecule has 20 heavy (non-hydrogen) atoms. The second kappa shape index (κ2) is 4.42. The highest BCUT2D eigenvalue weighted by Gasteiger charge is 2.34. The van der Waals surface area contributed by atoms with Gasteiger partial charge in [-0.15, -0.1) is 0 Å². The van der Waals surface area contributed by atoms with Gasteiger partial charge in [0.2, 0.25) is 0 Å². The predicted octanol–water partition coefficient (Wildman–Crippen LogP) is 2.97. The number of nitrogens with one attached hydrogen (secondary N) is 1. The number of aryl methyl sites for hydroxylation is 1. The van der Waals surface area contributed by atoms with Gasteiger partial charge in [0.15, 0.2) is 0 Å². The van der Waals surface area contributed by atoms with E-state index in [0.717, 1.165) is 24.1 Å². The topological polar surface area (TPSA) is 29.9 Å². The minimum absolute atomic E-state index is 0.188. The molecule has 104 valence electrons. The average Bonchev–Trinajstić information content (AvgIpc) is 2.76. The Morgan fingerprint density at radius 3 is 3.10 bits per heavy atom. The molecule has 0 amide bonds. The van der Waals surface area contributed by atoms with Crippen molar-refractivity contribution < 1.29 is 4.39 Å².